The number of hydrazine groups is 1. The third-order valence-electron chi connectivity index (χ3n) is 3.21. The van der Waals surface area contributed by atoms with Crippen LogP contribution in [0.15, 0.2) is 42.0 Å². The maximum absolute atomic E-state index is 13.2. The predicted octanol–water partition coefficient (Wildman–Crippen LogP) is 2.15. The number of aromatic nitrogens is 2. The van der Waals surface area contributed by atoms with E-state index in [9.17, 15) is 4.39 Å². The van der Waals surface area contributed by atoms with Crippen molar-refractivity contribution in [2.75, 3.05) is 0 Å². The van der Waals surface area contributed by atoms with Gasteiger partial charge in [0.15, 0.2) is 4.96 Å². The molecule has 0 aliphatic rings. The highest BCUT2D eigenvalue weighted by atomic mass is 32.1. The first-order valence-electron chi connectivity index (χ1n) is 6.36. The maximum Gasteiger partial charge on any atom is 0.193 e. The summed E-state index contributed by atoms with van der Waals surface area (Å²) < 4.78 is 15.2. The highest BCUT2D eigenvalue weighted by Gasteiger charge is 2.12. The lowest BCUT2D eigenvalue weighted by Gasteiger charge is -2.14. The third kappa shape index (κ3) is 2.87. The molecule has 0 saturated carbocycles. The summed E-state index contributed by atoms with van der Waals surface area (Å²) in [6.45, 7) is 0. The molecule has 6 heteroatoms. The molecule has 0 bridgehead atoms. The van der Waals surface area contributed by atoms with Gasteiger partial charge in [0.25, 0.3) is 0 Å². The smallest absolute Gasteiger partial charge is 0.193 e. The molecule has 3 N–H and O–H groups in total. The third-order valence-corrected chi connectivity index (χ3v) is 3.98. The predicted molar refractivity (Wildman–Crippen MR) is 78.0 cm³/mol. The Labute approximate surface area is 120 Å². The molecule has 0 aliphatic heterocycles. The summed E-state index contributed by atoms with van der Waals surface area (Å²) in [5.41, 5.74) is 4.69. The molecule has 1 atom stereocenters. The molecule has 0 fully saturated rings. The molecule has 3 aromatic rings. The number of nitrogens with one attached hydrogen (secondary N) is 1. The van der Waals surface area contributed by atoms with E-state index in [2.05, 4.69) is 10.4 Å². The van der Waals surface area contributed by atoms with Crippen molar-refractivity contribution in [3.05, 3.63) is 59.1 Å². The molecule has 0 spiro atoms. The van der Waals surface area contributed by atoms with Crippen molar-refractivity contribution < 1.29 is 4.39 Å². The van der Waals surface area contributed by atoms with Crippen LogP contribution in [0, 0.1) is 5.82 Å². The summed E-state index contributed by atoms with van der Waals surface area (Å²) in [6.07, 6.45) is 5.36. The average molecular weight is 290 g/mol. The zero-order chi connectivity index (χ0) is 13.9. The van der Waals surface area contributed by atoms with Crippen LogP contribution < -0.4 is 11.3 Å². The Kier molecular flexibility index (Phi) is 3.77. The second-order valence-corrected chi connectivity index (χ2v) is 5.60. The van der Waals surface area contributed by atoms with Gasteiger partial charge < -0.3 is 0 Å². The van der Waals surface area contributed by atoms with Gasteiger partial charge in [-0.25, -0.2) is 9.37 Å². The van der Waals surface area contributed by atoms with E-state index >= 15 is 0 Å². The lowest BCUT2D eigenvalue weighted by atomic mass is 10.0. The van der Waals surface area contributed by atoms with E-state index in [1.165, 1.54) is 12.1 Å². The summed E-state index contributed by atoms with van der Waals surface area (Å²) in [5.74, 6) is 5.38. The summed E-state index contributed by atoms with van der Waals surface area (Å²) in [6, 6.07) is 6.62. The minimum absolute atomic E-state index is 0.0291. The van der Waals surface area contributed by atoms with Crippen LogP contribution >= 0.6 is 11.3 Å². The molecule has 1 unspecified atom stereocenters. The number of nitrogens with zero attached hydrogens (tertiary/aromatic N) is 2. The van der Waals surface area contributed by atoms with Crippen molar-refractivity contribution in [1.29, 1.82) is 0 Å². The van der Waals surface area contributed by atoms with Crippen LogP contribution in [0.1, 0.15) is 11.3 Å². The highest BCUT2D eigenvalue weighted by Crippen LogP contribution is 2.14. The first-order valence-corrected chi connectivity index (χ1v) is 7.24. The average Bonchev–Trinajstić information content (AvgIpc) is 2.98. The van der Waals surface area contributed by atoms with Gasteiger partial charge in [-0.2, -0.15) is 0 Å². The van der Waals surface area contributed by atoms with E-state index in [4.69, 9.17) is 5.84 Å². The van der Waals surface area contributed by atoms with Crippen molar-refractivity contribution in [3.63, 3.8) is 0 Å². The number of halogens is 1. The topological polar surface area (TPSA) is 55.3 Å². The Balaban J connectivity index is 1.72. The van der Waals surface area contributed by atoms with Gasteiger partial charge in [0, 0.05) is 30.2 Å². The first-order chi connectivity index (χ1) is 9.74. The van der Waals surface area contributed by atoms with Crippen LogP contribution in [0.25, 0.3) is 4.96 Å². The normalized spacial score (nSPS) is 12.9. The van der Waals surface area contributed by atoms with Crippen LogP contribution in [-0.2, 0) is 12.8 Å². The van der Waals surface area contributed by atoms with Crippen molar-refractivity contribution >= 4 is 16.3 Å². The fourth-order valence-corrected chi connectivity index (χ4v) is 2.98. The number of hydrogen-bond donors (Lipinski definition) is 2. The second kappa shape index (κ2) is 5.70. The van der Waals surface area contributed by atoms with Crippen molar-refractivity contribution in [3.8, 4) is 0 Å². The Morgan fingerprint density at radius 1 is 1.40 bits per heavy atom. The van der Waals surface area contributed by atoms with E-state index < -0.39 is 0 Å². The van der Waals surface area contributed by atoms with E-state index in [-0.39, 0.29) is 11.9 Å². The Bertz CT molecular complexity index is 677. The molecular weight excluding hydrogens is 275 g/mol. The highest BCUT2D eigenvalue weighted by molar-refractivity contribution is 7.15. The number of fused-ring (bicyclic) bond motifs is 1. The number of thiazole rings is 1. The van der Waals surface area contributed by atoms with Crippen LogP contribution in [0.4, 0.5) is 4.39 Å². The number of benzene rings is 1. The zero-order valence-electron chi connectivity index (χ0n) is 10.8. The van der Waals surface area contributed by atoms with Crippen LogP contribution in [0.3, 0.4) is 0 Å². The summed E-state index contributed by atoms with van der Waals surface area (Å²) in [5, 5.41) is 2.00. The minimum Gasteiger partial charge on any atom is -0.297 e. The molecule has 0 aliphatic carbocycles. The molecule has 20 heavy (non-hydrogen) atoms. The fourth-order valence-electron chi connectivity index (χ4n) is 2.27. The monoisotopic (exact) mass is 290 g/mol. The molecule has 0 saturated heterocycles. The minimum atomic E-state index is -0.222. The molecule has 0 amide bonds. The largest absolute Gasteiger partial charge is 0.297 e. The van der Waals surface area contributed by atoms with Crippen molar-refractivity contribution in [1.82, 2.24) is 14.8 Å². The second-order valence-electron chi connectivity index (χ2n) is 4.73. The fraction of sp³-hybridized carbons (Fsp3) is 0.214. The number of imidazole rings is 1. The van der Waals surface area contributed by atoms with Crippen LogP contribution in [-0.4, -0.2) is 15.4 Å². The van der Waals surface area contributed by atoms with E-state index in [1.54, 1.807) is 17.4 Å². The van der Waals surface area contributed by atoms with E-state index in [1.807, 2.05) is 28.2 Å². The van der Waals surface area contributed by atoms with Gasteiger partial charge in [0.2, 0.25) is 0 Å². The van der Waals surface area contributed by atoms with E-state index in [0.29, 0.717) is 12.8 Å². The van der Waals surface area contributed by atoms with Gasteiger partial charge >= 0.3 is 0 Å². The van der Waals surface area contributed by atoms with Crippen molar-refractivity contribution in [2.24, 2.45) is 5.84 Å². The lowest BCUT2D eigenvalue weighted by molar-refractivity contribution is 0.516. The molecule has 2 heterocycles. The van der Waals surface area contributed by atoms with Gasteiger partial charge in [0.05, 0.1) is 5.69 Å². The molecule has 0 radical (unpaired) electrons. The summed E-state index contributed by atoms with van der Waals surface area (Å²) >= 11 is 1.60. The first kappa shape index (κ1) is 13.2. The van der Waals surface area contributed by atoms with Gasteiger partial charge in [0.1, 0.15) is 5.82 Å². The molecule has 3 rings (SSSR count). The number of nitrogens with two attached hydrogens (primary N) is 1. The van der Waals surface area contributed by atoms with Crippen LogP contribution in [0.5, 0.6) is 0 Å². The molecule has 104 valence electrons. The summed E-state index contributed by atoms with van der Waals surface area (Å²) in [4.78, 5) is 5.51. The molecule has 1 aromatic carbocycles. The van der Waals surface area contributed by atoms with Gasteiger partial charge in [-0.15, -0.1) is 11.3 Å². The van der Waals surface area contributed by atoms with Gasteiger partial charge in [-0.05, 0) is 24.1 Å². The SMILES string of the molecule is NNC(Cc1cccc(F)c1)Cc1cn2ccsc2n1. The Morgan fingerprint density at radius 2 is 2.30 bits per heavy atom. The molecular formula is C14H15FN4S. The lowest BCUT2D eigenvalue weighted by Crippen LogP contribution is -2.38. The standard InChI is InChI=1S/C14H15FN4S/c15-11-3-1-2-10(6-11)7-12(18-16)8-13-9-19-4-5-20-14(19)17-13/h1-6,9,12,18H,7-8,16H2. The Hall–Kier alpha value is -1.76. The van der Waals surface area contributed by atoms with Gasteiger partial charge in [-0.1, -0.05) is 12.1 Å². The maximum atomic E-state index is 13.2. The summed E-state index contributed by atoms with van der Waals surface area (Å²) in [7, 11) is 0. The Morgan fingerprint density at radius 3 is 3.05 bits per heavy atom. The number of hydrogen-bond acceptors (Lipinski definition) is 4. The van der Waals surface area contributed by atoms with Crippen LogP contribution in [0.2, 0.25) is 0 Å². The van der Waals surface area contributed by atoms with Crippen molar-refractivity contribution in [2.45, 2.75) is 18.9 Å². The van der Waals surface area contributed by atoms with E-state index in [0.717, 1.165) is 16.2 Å². The van der Waals surface area contributed by atoms with Gasteiger partial charge in [-0.3, -0.25) is 15.7 Å². The molecule has 2 aromatic heterocycles. The molecule has 4 nitrogen and oxygen atoms in total. The zero-order valence-corrected chi connectivity index (χ0v) is 11.6. The quantitative estimate of drug-likeness (QED) is 0.559. The number of rotatable bonds is 5.